The molecule has 26 heavy (non-hydrogen) atoms. The lowest BCUT2D eigenvalue weighted by atomic mass is 10.2. The fourth-order valence-corrected chi connectivity index (χ4v) is 3.00. The molecule has 1 aromatic heterocycles. The van der Waals surface area contributed by atoms with Crippen molar-refractivity contribution in [2.24, 2.45) is 5.92 Å². The summed E-state index contributed by atoms with van der Waals surface area (Å²) < 4.78 is 23.1. The van der Waals surface area contributed by atoms with Gasteiger partial charge in [0.2, 0.25) is 5.88 Å². The van der Waals surface area contributed by atoms with Crippen LogP contribution in [0.25, 0.3) is 0 Å². The van der Waals surface area contributed by atoms with Crippen LogP contribution in [0, 0.1) is 5.92 Å². The van der Waals surface area contributed by atoms with Gasteiger partial charge >= 0.3 is 0 Å². The van der Waals surface area contributed by atoms with Crippen LogP contribution in [0.4, 0.5) is 10.1 Å². The number of halogens is 1. The Balaban J connectivity index is 1.65. The number of amides is 1. The lowest BCUT2D eigenvalue weighted by molar-refractivity contribution is 0.0821. The number of carbonyl (C=O) groups is 1. The van der Waals surface area contributed by atoms with Crippen molar-refractivity contribution in [3.63, 3.8) is 0 Å². The quantitative estimate of drug-likeness (QED) is 0.646. The molecule has 7 heteroatoms. The smallest absolute Gasteiger partial charge is 0.270 e. The number of nitrogens with one attached hydrogen (secondary N) is 1. The van der Waals surface area contributed by atoms with Crippen molar-refractivity contribution in [3.8, 4) is 5.88 Å². The van der Waals surface area contributed by atoms with E-state index >= 15 is 0 Å². The molecule has 0 radical (unpaired) electrons. The van der Waals surface area contributed by atoms with E-state index in [0.717, 1.165) is 18.8 Å². The first-order chi connectivity index (χ1) is 12.7. The molecule has 1 saturated heterocycles. The van der Waals surface area contributed by atoms with E-state index in [1.165, 1.54) is 25.7 Å². The summed E-state index contributed by atoms with van der Waals surface area (Å²) in [5, 5.41) is 2.83. The van der Waals surface area contributed by atoms with Crippen molar-refractivity contribution in [2.75, 3.05) is 44.5 Å². The van der Waals surface area contributed by atoms with Gasteiger partial charge in [-0.1, -0.05) is 0 Å². The van der Waals surface area contributed by atoms with Crippen LogP contribution in [0.2, 0.25) is 0 Å². The molecule has 1 saturated carbocycles. The monoisotopic (exact) mass is 365 g/mol. The second kappa shape index (κ2) is 9.16. The average Bonchev–Trinajstić information content (AvgIpc) is 3.31. The maximum Gasteiger partial charge on any atom is 0.270 e. The van der Waals surface area contributed by atoms with Gasteiger partial charge in [0, 0.05) is 19.1 Å². The molecule has 3 rings (SSSR count). The van der Waals surface area contributed by atoms with Crippen LogP contribution < -0.4 is 15.0 Å². The minimum atomic E-state index is -0.526. The summed E-state index contributed by atoms with van der Waals surface area (Å²) >= 11 is 0. The third-order valence-electron chi connectivity index (χ3n) is 4.64. The third kappa shape index (κ3) is 5.30. The second-order valence-corrected chi connectivity index (χ2v) is 7.11. The van der Waals surface area contributed by atoms with Crippen molar-refractivity contribution >= 4 is 11.6 Å². The number of alkyl halides is 1. The van der Waals surface area contributed by atoms with Gasteiger partial charge in [-0.25, -0.2) is 9.37 Å². The van der Waals surface area contributed by atoms with Gasteiger partial charge in [-0.2, -0.15) is 0 Å². The first-order valence-corrected chi connectivity index (χ1v) is 9.50. The molecule has 144 valence electrons. The Morgan fingerprint density at radius 1 is 1.38 bits per heavy atom. The first kappa shape index (κ1) is 18.9. The molecule has 2 aliphatic rings. The van der Waals surface area contributed by atoms with E-state index < -0.39 is 6.67 Å². The third-order valence-corrected chi connectivity index (χ3v) is 4.64. The van der Waals surface area contributed by atoms with E-state index in [1.807, 2.05) is 13.0 Å². The Kier molecular flexibility index (Phi) is 6.66. The fourth-order valence-electron chi connectivity index (χ4n) is 3.00. The molecule has 0 aromatic carbocycles. The van der Waals surface area contributed by atoms with Gasteiger partial charge in [-0.3, -0.25) is 4.79 Å². The summed E-state index contributed by atoms with van der Waals surface area (Å²) in [5.41, 5.74) is 1.30. The highest BCUT2D eigenvalue weighted by Gasteiger charge is 2.25. The highest BCUT2D eigenvalue weighted by Crippen LogP contribution is 2.33. The molecule has 1 aromatic rings. The summed E-state index contributed by atoms with van der Waals surface area (Å²) in [5.74, 6) is 0.895. The zero-order valence-electron chi connectivity index (χ0n) is 15.4. The lowest BCUT2D eigenvalue weighted by Crippen LogP contribution is -2.36. The molecule has 0 spiro atoms. The number of anilines is 1. The van der Waals surface area contributed by atoms with Gasteiger partial charge in [-0.05, 0) is 50.7 Å². The molecule has 6 nitrogen and oxygen atoms in total. The Morgan fingerprint density at radius 3 is 2.85 bits per heavy atom. The first-order valence-electron chi connectivity index (χ1n) is 9.50. The Morgan fingerprint density at radius 2 is 2.15 bits per heavy atom. The molecule has 1 amide bonds. The number of carbonyl (C=O) groups excluding carboxylic acids is 1. The van der Waals surface area contributed by atoms with Crippen LogP contribution >= 0.6 is 0 Å². The summed E-state index contributed by atoms with van der Waals surface area (Å²) in [7, 11) is 0. The van der Waals surface area contributed by atoms with Crippen LogP contribution in [-0.2, 0) is 4.74 Å². The van der Waals surface area contributed by atoms with Crippen LogP contribution in [0.3, 0.4) is 0 Å². The number of hydrogen-bond acceptors (Lipinski definition) is 5. The van der Waals surface area contributed by atoms with Gasteiger partial charge in [0.05, 0.1) is 25.5 Å². The summed E-state index contributed by atoms with van der Waals surface area (Å²) in [6.07, 6.45) is 4.74. The molecular formula is C19H28FN3O3. The van der Waals surface area contributed by atoms with Crippen LogP contribution in [-0.4, -0.2) is 56.5 Å². The van der Waals surface area contributed by atoms with Crippen LogP contribution in [0.1, 0.15) is 43.1 Å². The van der Waals surface area contributed by atoms with Gasteiger partial charge in [0.25, 0.3) is 5.91 Å². The van der Waals surface area contributed by atoms with Gasteiger partial charge in [0.1, 0.15) is 12.4 Å². The van der Waals surface area contributed by atoms with Crippen LogP contribution in [0.15, 0.2) is 12.1 Å². The SMILES string of the molecule is C[C@@H](COCCF)NC(=O)c1ccc(N2CCCC2)c(OCC2CC2)n1. The standard InChI is InChI=1S/C19H28FN3O3/c1-14(12-25-11-8-20)21-18(24)16-6-7-17(23-9-2-3-10-23)19(22-16)26-13-15-4-5-15/h6-7,14-15H,2-5,8-13H2,1H3,(H,21,24)/t14-/m0/s1. The van der Waals surface area contributed by atoms with Crippen molar-refractivity contribution < 1.29 is 18.7 Å². The van der Waals surface area contributed by atoms with E-state index in [0.29, 0.717) is 24.1 Å². The number of rotatable bonds is 10. The highest BCUT2D eigenvalue weighted by atomic mass is 19.1. The topological polar surface area (TPSA) is 63.7 Å². The Bertz CT molecular complexity index is 604. The van der Waals surface area contributed by atoms with Crippen molar-refractivity contribution in [2.45, 2.75) is 38.6 Å². The summed E-state index contributed by atoms with van der Waals surface area (Å²) in [4.78, 5) is 19.2. The van der Waals surface area contributed by atoms with E-state index in [1.54, 1.807) is 6.07 Å². The zero-order chi connectivity index (χ0) is 18.4. The minimum absolute atomic E-state index is 0.0438. The van der Waals surface area contributed by atoms with Crippen molar-refractivity contribution in [3.05, 3.63) is 17.8 Å². The molecule has 1 aliphatic carbocycles. The highest BCUT2D eigenvalue weighted by molar-refractivity contribution is 5.93. The molecule has 2 fully saturated rings. The van der Waals surface area contributed by atoms with Crippen molar-refractivity contribution in [1.29, 1.82) is 0 Å². The van der Waals surface area contributed by atoms with E-state index in [2.05, 4.69) is 15.2 Å². The van der Waals surface area contributed by atoms with Gasteiger partial charge < -0.3 is 19.7 Å². The molecule has 2 heterocycles. The predicted octanol–water partition coefficient (Wildman–Crippen LogP) is 2.58. The number of nitrogens with zero attached hydrogens (tertiary/aromatic N) is 2. The number of ether oxygens (including phenoxy) is 2. The second-order valence-electron chi connectivity index (χ2n) is 7.11. The number of aromatic nitrogens is 1. The normalized spacial score (nSPS) is 18.0. The minimum Gasteiger partial charge on any atom is -0.476 e. The zero-order valence-corrected chi connectivity index (χ0v) is 15.4. The molecule has 0 bridgehead atoms. The fraction of sp³-hybridized carbons (Fsp3) is 0.684. The van der Waals surface area contributed by atoms with Crippen LogP contribution in [0.5, 0.6) is 5.88 Å². The summed E-state index contributed by atoms with van der Waals surface area (Å²) in [6.45, 7) is 4.26. The van der Waals surface area contributed by atoms with E-state index in [9.17, 15) is 9.18 Å². The predicted molar refractivity (Wildman–Crippen MR) is 97.6 cm³/mol. The van der Waals surface area contributed by atoms with Gasteiger partial charge in [0.15, 0.2) is 0 Å². The Labute approximate surface area is 154 Å². The van der Waals surface area contributed by atoms with Gasteiger partial charge in [-0.15, -0.1) is 0 Å². The maximum absolute atomic E-state index is 12.5. The molecule has 0 unspecified atom stereocenters. The van der Waals surface area contributed by atoms with E-state index in [4.69, 9.17) is 9.47 Å². The Hall–Kier alpha value is -1.89. The largest absolute Gasteiger partial charge is 0.476 e. The number of hydrogen-bond donors (Lipinski definition) is 1. The number of pyridine rings is 1. The van der Waals surface area contributed by atoms with E-state index in [-0.39, 0.29) is 25.2 Å². The molecule has 1 atom stereocenters. The molecule has 1 aliphatic heterocycles. The average molecular weight is 365 g/mol. The lowest BCUT2D eigenvalue weighted by Gasteiger charge is -2.21. The summed E-state index contributed by atoms with van der Waals surface area (Å²) in [6, 6.07) is 3.45. The van der Waals surface area contributed by atoms with Crippen molar-refractivity contribution in [1.82, 2.24) is 10.3 Å². The maximum atomic E-state index is 12.5. The molecular weight excluding hydrogens is 337 g/mol. The molecule has 1 N–H and O–H groups in total.